The molecule has 0 saturated carbocycles. The third-order valence-corrected chi connectivity index (χ3v) is 2.37. The van der Waals surface area contributed by atoms with Crippen LogP contribution in [0.25, 0.3) is 0 Å². The molecule has 0 radical (unpaired) electrons. The minimum Gasteiger partial charge on any atom is -0.299 e. The first-order chi connectivity index (χ1) is 7.82. The molecule has 0 heterocycles. The summed E-state index contributed by atoms with van der Waals surface area (Å²) in [6, 6.07) is 8.16. The minimum absolute atomic E-state index is 0. The van der Waals surface area contributed by atoms with Gasteiger partial charge in [0, 0.05) is 17.4 Å². The number of Topliss-reactive ketones (excluding diaryl/α,β-unsaturated/α-hetero) is 2. The van der Waals surface area contributed by atoms with E-state index >= 15 is 0 Å². The Morgan fingerprint density at radius 1 is 1.17 bits per heavy atom. The van der Waals surface area contributed by atoms with Gasteiger partial charge in [-0.1, -0.05) is 30.3 Å². The number of carbonyl (C=O) groups is 2. The number of ketones is 2. The van der Waals surface area contributed by atoms with Crippen LogP contribution in [0.1, 0.15) is 12.5 Å². The van der Waals surface area contributed by atoms with Crippen LogP contribution in [-0.4, -0.2) is 17.7 Å². The number of alkyl halides is 3. The molecule has 1 aromatic carbocycles. The molecule has 0 spiro atoms. The maximum atomic E-state index is 12.3. The molecule has 1 unspecified atom stereocenters. The summed E-state index contributed by atoms with van der Waals surface area (Å²) in [5.41, 5.74) is 0.533. The van der Waals surface area contributed by atoms with E-state index < -0.39 is 23.7 Å². The van der Waals surface area contributed by atoms with Gasteiger partial charge in [0.05, 0.1) is 5.92 Å². The van der Waals surface area contributed by atoms with Crippen molar-refractivity contribution in [2.45, 2.75) is 19.5 Å². The third-order valence-electron chi connectivity index (χ3n) is 2.37. The van der Waals surface area contributed by atoms with E-state index in [1.54, 1.807) is 30.3 Å². The molecule has 2 nitrogen and oxygen atoms in total. The molecule has 0 N–H and O–H groups in total. The first kappa shape index (κ1) is 16.9. The predicted molar refractivity (Wildman–Crippen MR) is 55.4 cm³/mol. The van der Waals surface area contributed by atoms with Crippen LogP contribution >= 0.6 is 0 Å². The van der Waals surface area contributed by atoms with Gasteiger partial charge in [-0.15, -0.1) is 0 Å². The fourth-order valence-corrected chi connectivity index (χ4v) is 1.47. The maximum absolute atomic E-state index is 12.3. The second kappa shape index (κ2) is 6.72. The fourth-order valence-electron chi connectivity index (χ4n) is 1.47. The third kappa shape index (κ3) is 4.63. The number of rotatable bonds is 4. The Kier molecular flexibility index (Phi) is 6.30. The molecule has 1 atom stereocenters. The summed E-state index contributed by atoms with van der Waals surface area (Å²) in [6.07, 6.45) is -5.18. The van der Waals surface area contributed by atoms with Crippen LogP contribution < -0.4 is 0 Å². The molecule has 0 aliphatic rings. The average Bonchev–Trinajstić information content (AvgIpc) is 2.24. The summed E-state index contributed by atoms with van der Waals surface area (Å²) in [4.78, 5) is 22.2. The zero-order chi connectivity index (χ0) is 13.1. The van der Waals surface area contributed by atoms with Crippen LogP contribution in [0, 0.1) is 5.92 Å². The van der Waals surface area contributed by atoms with Crippen molar-refractivity contribution in [3.63, 3.8) is 0 Å². The van der Waals surface area contributed by atoms with E-state index in [0.29, 0.717) is 5.56 Å². The van der Waals surface area contributed by atoms with E-state index in [9.17, 15) is 22.8 Å². The van der Waals surface area contributed by atoms with Crippen molar-refractivity contribution in [2.75, 3.05) is 0 Å². The SMILES string of the molecule is CC(=O)C(Cc1ccccc1)C(=O)C(F)(F)F.[Cr]. The van der Waals surface area contributed by atoms with Gasteiger partial charge < -0.3 is 0 Å². The topological polar surface area (TPSA) is 34.1 Å². The quantitative estimate of drug-likeness (QED) is 0.800. The normalized spacial score (nSPS) is 12.4. The van der Waals surface area contributed by atoms with Gasteiger partial charge in [-0.25, -0.2) is 0 Å². The molecule has 0 fully saturated rings. The van der Waals surface area contributed by atoms with Crippen LogP contribution in [-0.2, 0) is 33.4 Å². The maximum Gasteiger partial charge on any atom is 0.450 e. The van der Waals surface area contributed by atoms with Gasteiger partial charge in [0.1, 0.15) is 5.78 Å². The molecule has 0 aliphatic heterocycles. The predicted octanol–water partition coefficient (Wildman–Crippen LogP) is 2.56. The first-order valence-electron chi connectivity index (χ1n) is 4.98. The fraction of sp³-hybridized carbons (Fsp3) is 0.333. The molecule has 0 bridgehead atoms. The second-order valence-corrected chi connectivity index (χ2v) is 3.71. The van der Waals surface area contributed by atoms with Gasteiger partial charge in [0.25, 0.3) is 0 Å². The summed E-state index contributed by atoms with van der Waals surface area (Å²) < 4.78 is 36.8. The Labute approximate surface area is 113 Å². The Morgan fingerprint density at radius 2 is 1.67 bits per heavy atom. The first-order valence-corrected chi connectivity index (χ1v) is 4.98. The molecule has 1 rings (SSSR count). The summed E-state index contributed by atoms with van der Waals surface area (Å²) in [5.74, 6) is -4.39. The van der Waals surface area contributed by atoms with E-state index in [-0.39, 0.29) is 23.8 Å². The van der Waals surface area contributed by atoms with Crippen LogP contribution in [0.5, 0.6) is 0 Å². The zero-order valence-electron chi connectivity index (χ0n) is 9.53. The standard InChI is InChI=1S/C12H11F3O2.Cr/c1-8(16)10(11(17)12(13,14)15)7-9-5-3-2-4-6-9;/h2-6,10H,7H2,1H3;. The Morgan fingerprint density at radius 3 is 2.06 bits per heavy atom. The minimum atomic E-state index is -4.97. The number of halogens is 3. The van der Waals surface area contributed by atoms with E-state index in [1.165, 1.54) is 0 Å². The van der Waals surface area contributed by atoms with Crippen molar-refractivity contribution in [3.05, 3.63) is 35.9 Å². The largest absolute Gasteiger partial charge is 0.450 e. The molecule has 0 aromatic heterocycles. The second-order valence-electron chi connectivity index (χ2n) is 3.71. The molecule has 0 amide bonds. The van der Waals surface area contributed by atoms with Crippen LogP contribution in [0.15, 0.2) is 30.3 Å². The van der Waals surface area contributed by atoms with Crippen molar-refractivity contribution in [2.24, 2.45) is 5.92 Å². The van der Waals surface area contributed by atoms with Crippen molar-refractivity contribution in [1.29, 1.82) is 0 Å². The summed E-state index contributed by atoms with van der Waals surface area (Å²) in [5, 5.41) is 0. The molecule has 18 heavy (non-hydrogen) atoms. The Hall–Kier alpha value is -1.12. The van der Waals surface area contributed by atoms with E-state index in [0.717, 1.165) is 6.92 Å². The molecule has 0 saturated heterocycles. The molecule has 6 heteroatoms. The van der Waals surface area contributed by atoms with Crippen molar-refractivity contribution in [3.8, 4) is 0 Å². The zero-order valence-corrected chi connectivity index (χ0v) is 10.8. The van der Waals surface area contributed by atoms with Gasteiger partial charge in [-0.3, -0.25) is 9.59 Å². The summed E-state index contributed by atoms with van der Waals surface area (Å²) in [6.45, 7) is 0.997. The van der Waals surface area contributed by atoms with E-state index in [4.69, 9.17) is 0 Å². The Balaban J connectivity index is 0.00000289. The number of hydrogen-bond donors (Lipinski definition) is 0. The molecular formula is C12H11CrF3O2. The molecule has 98 valence electrons. The van der Waals surface area contributed by atoms with Gasteiger partial charge in [-0.2, -0.15) is 13.2 Å². The smallest absolute Gasteiger partial charge is 0.299 e. The average molecular weight is 296 g/mol. The summed E-state index contributed by atoms with van der Waals surface area (Å²) >= 11 is 0. The van der Waals surface area contributed by atoms with Crippen LogP contribution in [0.2, 0.25) is 0 Å². The van der Waals surface area contributed by atoms with Crippen molar-refractivity contribution < 1.29 is 40.1 Å². The Bertz CT molecular complexity index is 415. The van der Waals surface area contributed by atoms with E-state index in [2.05, 4.69) is 0 Å². The van der Waals surface area contributed by atoms with Crippen LogP contribution in [0.4, 0.5) is 13.2 Å². The molecule has 0 aliphatic carbocycles. The van der Waals surface area contributed by atoms with Crippen molar-refractivity contribution in [1.82, 2.24) is 0 Å². The van der Waals surface area contributed by atoms with Gasteiger partial charge in [-0.05, 0) is 18.9 Å². The van der Waals surface area contributed by atoms with Crippen LogP contribution in [0.3, 0.4) is 0 Å². The van der Waals surface area contributed by atoms with Gasteiger partial charge >= 0.3 is 6.18 Å². The molecule has 1 aromatic rings. The summed E-state index contributed by atoms with van der Waals surface area (Å²) in [7, 11) is 0. The monoisotopic (exact) mass is 296 g/mol. The number of hydrogen-bond acceptors (Lipinski definition) is 2. The molecular weight excluding hydrogens is 285 g/mol. The van der Waals surface area contributed by atoms with Gasteiger partial charge in [0.15, 0.2) is 0 Å². The number of carbonyl (C=O) groups excluding carboxylic acids is 2. The van der Waals surface area contributed by atoms with E-state index in [1.807, 2.05) is 0 Å². The number of benzene rings is 1. The van der Waals surface area contributed by atoms with Crippen molar-refractivity contribution >= 4 is 11.6 Å². The van der Waals surface area contributed by atoms with Gasteiger partial charge in [0.2, 0.25) is 5.78 Å².